The number of carbonyl (C=O) groups excluding carboxylic acids is 2. The summed E-state index contributed by atoms with van der Waals surface area (Å²) in [7, 11) is 0. The Kier molecular flexibility index (Phi) is 4.55. The molecule has 0 aliphatic carbocycles. The third-order valence-corrected chi connectivity index (χ3v) is 1.75. The molecule has 1 amide bonds. The zero-order valence-electron chi connectivity index (χ0n) is 8.86. The van der Waals surface area contributed by atoms with Gasteiger partial charge >= 0.3 is 5.91 Å². The Hall–Kier alpha value is -2.34. The summed E-state index contributed by atoms with van der Waals surface area (Å²) in [4.78, 5) is 22.4. The van der Waals surface area contributed by atoms with Crippen LogP contribution in [-0.2, 0) is 9.59 Å². The van der Waals surface area contributed by atoms with Crippen LogP contribution in [0.1, 0.15) is 12.5 Å². The molecule has 3 heteroatoms. The van der Waals surface area contributed by atoms with Gasteiger partial charge in [-0.15, -0.1) is 0 Å². The fourth-order valence-electron chi connectivity index (χ4n) is 0.993. The van der Waals surface area contributed by atoms with Gasteiger partial charge in [0.25, 0.3) is 0 Å². The van der Waals surface area contributed by atoms with E-state index in [0.29, 0.717) is 0 Å². The second-order valence-corrected chi connectivity index (χ2v) is 2.94. The molecular weight excluding hydrogens is 202 g/mol. The first-order valence-corrected chi connectivity index (χ1v) is 4.73. The highest BCUT2D eigenvalue weighted by molar-refractivity contribution is 6.41. The van der Waals surface area contributed by atoms with Gasteiger partial charge in [-0.1, -0.05) is 42.3 Å². The number of nitrogens with one attached hydrogen (secondary N) is 1. The van der Waals surface area contributed by atoms with E-state index in [1.807, 2.05) is 30.3 Å². The molecule has 1 rings (SSSR count). The molecule has 0 unspecified atom stereocenters. The molecule has 0 atom stereocenters. The summed E-state index contributed by atoms with van der Waals surface area (Å²) < 4.78 is 0. The molecule has 1 aromatic rings. The second-order valence-electron chi connectivity index (χ2n) is 2.94. The maximum absolute atomic E-state index is 11.3. The molecule has 3 nitrogen and oxygen atoms in total. The number of benzene rings is 1. The Balaban J connectivity index is 2.60. The molecule has 80 valence electrons. The highest BCUT2D eigenvalue weighted by atomic mass is 16.2. The van der Waals surface area contributed by atoms with Crippen LogP contribution in [0, 0.1) is 12.0 Å². The minimum atomic E-state index is -0.721. The van der Waals surface area contributed by atoms with Crippen molar-refractivity contribution in [3.63, 3.8) is 0 Å². The maximum atomic E-state index is 11.3. The molecule has 0 aliphatic heterocycles. The van der Waals surface area contributed by atoms with Crippen molar-refractivity contribution in [1.82, 2.24) is 5.32 Å². The van der Waals surface area contributed by atoms with E-state index < -0.39 is 11.7 Å². The fraction of sp³-hybridized carbons (Fsp3) is 0.0769. The third kappa shape index (κ3) is 3.81. The minimum Gasteiger partial charge on any atom is -0.284 e. The van der Waals surface area contributed by atoms with Crippen LogP contribution in [0.2, 0.25) is 0 Å². The Labute approximate surface area is 94.2 Å². The molecule has 0 radical (unpaired) electrons. The summed E-state index contributed by atoms with van der Waals surface area (Å²) in [6, 6.07) is 11.6. The number of hydrogen-bond acceptors (Lipinski definition) is 2. The lowest BCUT2D eigenvalue weighted by molar-refractivity contribution is -0.134. The van der Waals surface area contributed by atoms with Gasteiger partial charge in [-0.25, -0.2) is 0 Å². The summed E-state index contributed by atoms with van der Waals surface area (Å²) in [6.45, 7) is 1.57. The van der Waals surface area contributed by atoms with Crippen molar-refractivity contribution in [2.75, 3.05) is 0 Å². The van der Waals surface area contributed by atoms with Gasteiger partial charge in [0.1, 0.15) is 0 Å². The van der Waals surface area contributed by atoms with Gasteiger partial charge in [-0.2, -0.15) is 0 Å². The van der Waals surface area contributed by atoms with Crippen molar-refractivity contribution in [3.8, 4) is 12.0 Å². The summed E-state index contributed by atoms with van der Waals surface area (Å²) >= 11 is 0. The Morgan fingerprint density at radius 1 is 1.25 bits per heavy atom. The summed E-state index contributed by atoms with van der Waals surface area (Å²) in [5, 5.41) is 2.17. The van der Waals surface area contributed by atoms with E-state index in [9.17, 15) is 9.59 Å². The lowest BCUT2D eigenvalue weighted by Gasteiger charge is -1.92. The highest BCUT2D eigenvalue weighted by Crippen LogP contribution is 2.00. The van der Waals surface area contributed by atoms with E-state index in [-0.39, 0.29) is 0 Å². The Morgan fingerprint density at radius 2 is 1.94 bits per heavy atom. The molecular formula is C13H11NO2. The molecule has 0 fully saturated rings. The molecule has 1 aromatic carbocycles. The summed E-state index contributed by atoms with van der Waals surface area (Å²) in [5.41, 5.74) is 0.866. The van der Waals surface area contributed by atoms with Gasteiger partial charge in [-0.3, -0.25) is 14.9 Å². The number of ketones is 1. The highest BCUT2D eigenvalue weighted by Gasteiger charge is 2.07. The second kappa shape index (κ2) is 6.20. The van der Waals surface area contributed by atoms with Crippen molar-refractivity contribution in [2.24, 2.45) is 0 Å². The molecule has 16 heavy (non-hydrogen) atoms. The van der Waals surface area contributed by atoms with E-state index in [1.54, 1.807) is 13.0 Å². The molecule has 0 aliphatic rings. The predicted octanol–water partition coefficient (Wildman–Crippen LogP) is 1.37. The van der Waals surface area contributed by atoms with Crippen LogP contribution in [0.5, 0.6) is 0 Å². The van der Waals surface area contributed by atoms with Crippen LogP contribution in [0.3, 0.4) is 0 Å². The average molecular weight is 213 g/mol. The number of hydrogen-bond donors (Lipinski definition) is 1. The van der Waals surface area contributed by atoms with Gasteiger partial charge in [0.15, 0.2) is 0 Å². The lowest BCUT2D eigenvalue weighted by atomic mass is 10.2. The van der Waals surface area contributed by atoms with Gasteiger partial charge in [0.05, 0.1) is 0 Å². The first-order chi connectivity index (χ1) is 7.74. The van der Waals surface area contributed by atoms with Gasteiger partial charge in [0, 0.05) is 6.04 Å². The van der Waals surface area contributed by atoms with E-state index in [4.69, 9.17) is 0 Å². The molecule has 0 aromatic heterocycles. The summed E-state index contributed by atoms with van der Waals surface area (Å²) in [5.74, 6) is 1.13. The first-order valence-electron chi connectivity index (χ1n) is 4.73. The Morgan fingerprint density at radius 3 is 2.56 bits per heavy atom. The quantitative estimate of drug-likeness (QED) is 0.357. The number of amides is 1. The van der Waals surface area contributed by atoms with E-state index in [2.05, 4.69) is 17.3 Å². The first kappa shape index (κ1) is 11.7. The van der Waals surface area contributed by atoms with Crippen LogP contribution < -0.4 is 5.32 Å². The monoisotopic (exact) mass is 213 g/mol. The zero-order valence-corrected chi connectivity index (χ0v) is 8.86. The average Bonchev–Trinajstić information content (AvgIpc) is 2.34. The summed E-state index contributed by atoms with van der Waals surface area (Å²) in [6.07, 6.45) is 2.81. The van der Waals surface area contributed by atoms with Crippen LogP contribution >= 0.6 is 0 Å². The molecule has 0 bridgehead atoms. The van der Waals surface area contributed by atoms with E-state index >= 15 is 0 Å². The molecule has 0 heterocycles. The van der Waals surface area contributed by atoms with Crippen molar-refractivity contribution in [2.45, 2.75) is 6.92 Å². The zero-order chi connectivity index (χ0) is 11.8. The standard InChI is InChI=1S/C13H11NO2/c1-2-10-14-13(16)12(15)9-8-11-6-4-3-5-7-11/h3-9H,1H3,(H,14,16). The number of rotatable bonds is 3. The van der Waals surface area contributed by atoms with E-state index in [0.717, 1.165) is 5.56 Å². The number of carbonyl (C=O) groups is 2. The SMILES string of the molecule is CC#CNC(=O)C(=O)C=Cc1ccccc1. The fourth-order valence-corrected chi connectivity index (χ4v) is 0.993. The van der Waals surface area contributed by atoms with E-state index in [1.165, 1.54) is 6.08 Å². The molecule has 0 spiro atoms. The van der Waals surface area contributed by atoms with Crippen molar-refractivity contribution < 1.29 is 9.59 Å². The van der Waals surface area contributed by atoms with Crippen molar-refractivity contribution in [1.29, 1.82) is 0 Å². The van der Waals surface area contributed by atoms with Crippen molar-refractivity contribution >= 4 is 17.8 Å². The minimum absolute atomic E-state index is 0.619. The molecule has 0 saturated heterocycles. The lowest BCUT2D eigenvalue weighted by Crippen LogP contribution is -2.25. The largest absolute Gasteiger partial charge is 0.303 e. The topological polar surface area (TPSA) is 46.2 Å². The normalized spacial score (nSPS) is 9.31. The molecule has 0 saturated carbocycles. The van der Waals surface area contributed by atoms with Crippen LogP contribution in [0.15, 0.2) is 36.4 Å². The van der Waals surface area contributed by atoms with Crippen molar-refractivity contribution in [3.05, 3.63) is 42.0 Å². The smallest absolute Gasteiger partial charge is 0.284 e. The van der Waals surface area contributed by atoms with Gasteiger partial charge in [0.2, 0.25) is 5.78 Å². The van der Waals surface area contributed by atoms with Crippen LogP contribution in [-0.4, -0.2) is 11.7 Å². The third-order valence-electron chi connectivity index (χ3n) is 1.75. The Bertz CT molecular complexity index is 464. The van der Waals surface area contributed by atoms with Crippen LogP contribution in [0.4, 0.5) is 0 Å². The van der Waals surface area contributed by atoms with Gasteiger partial charge < -0.3 is 0 Å². The van der Waals surface area contributed by atoms with Gasteiger partial charge in [-0.05, 0) is 18.6 Å². The molecule has 1 N–H and O–H groups in total. The van der Waals surface area contributed by atoms with Crippen LogP contribution in [0.25, 0.3) is 6.08 Å². The maximum Gasteiger partial charge on any atom is 0.303 e. The predicted molar refractivity (Wildman–Crippen MR) is 62.1 cm³/mol.